The number of anilines is 1. The molecule has 28 heavy (non-hydrogen) atoms. The van der Waals surface area contributed by atoms with Crippen molar-refractivity contribution in [3.05, 3.63) is 80.2 Å². The molecule has 3 heterocycles. The van der Waals surface area contributed by atoms with Crippen molar-refractivity contribution in [2.24, 2.45) is 0 Å². The highest BCUT2D eigenvalue weighted by Crippen LogP contribution is 2.17. The molecular weight excluding hydrogens is 362 g/mol. The molecule has 0 aliphatic carbocycles. The molecule has 0 spiro atoms. The Hall–Kier alpha value is -4.01. The fourth-order valence-electron chi connectivity index (χ4n) is 2.82. The van der Waals surface area contributed by atoms with Gasteiger partial charge in [0.1, 0.15) is 17.0 Å². The first-order valence-electron chi connectivity index (χ1n) is 8.40. The molecule has 140 valence electrons. The molecule has 9 nitrogen and oxygen atoms in total. The summed E-state index contributed by atoms with van der Waals surface area (Å²) in [7, 11) is 0. The van der Waals surface area contributed by atoms with Gasteiger partial charge in [-0.2, -0.15) is 9.78 Å². The van der Waals surface area contributed by atoms with Crippen LogP contribution in [0, 0.1) is 13.8 Å². The number of aromatic amines is 1. The van der Waals surface area contributed by atoms with E-state index in [4.69, 9.17) is 4.42 Å². The van der Waals surface area contributed by atoms with E-state index in [0.717, 1.165) is 0 Å². The Morgan fingerprint density at radius 2 is 1.89 bits per heavy atom. The molecule has 1 aromatic carbocycles. The number of fused-ring (bicyclic) bond motifs is 1. The number of carbonyl (C=O) groups excluding carboxylic acids is 1. The van der Waals surface area contributed by atoms with Gasteiger partial charge in [-0.05, 0) is 26.0 Å². The average Bonchev–Trinajstić information content (AvgIpc) is 3.00. The summed E-state index contributed by atoms with van der Waals surface area (Å²) in [5, 5.41) is 7.51. The lowest BCUT2D eigenvalue weighted by Crippen LogP contribution is -2.23. The Morgan fingerprint density at radius 1 is 1.11 bits per heavy atom. The number of carbonyl (C=O) groups is 1. The summed E-state index contributed by atoms with van der Waals surface area (Å²) in [6.07, 6.45) is 0. The van der Waals surface area contributed by atoms with Crippen molar-refractivity contribution in [1.82, 2.24) is 19.7 Å². The number of para-hydroxylation sites is 1. The van der Waals surface area contributed by atoms with Gasteiger partial charge in [0.05, 0.1) is 5.69 Å². The maximum atomic E-state index is 12.7. The van der Waals surface area contributed by atoms with Crippen molar-refractivity contribution in [3.63, 3.8) is 0 Å². The summed E-state index contributed by atoms with van der Waals surface area (Å²) in [6, 6.07) is 11.3. The summed E-state index contributed by atoms with van der Waals surface area (Å²) in [5.41, 5.74) is 0.245. The van der Waals surface area contributed by atoms with Crippen LogP contribution in [0.3, 0.4) is 0 Å². The second-order valence-electron chi connectivity index (χ2n) is 6.23. The van der Waals surface area contributed by atoms with Gasteiger partial charge in [-0.1, -0.05) is 18.2 Å². The smallest absolute Gasteiger partial charge is 0.349 e. The Bertz CT molecular complexity index is 1330. The number of aromatic nitrogens is 4. The minimum absolute atomic E-state index is 0.144. The number of hydrogen-bond donors (Lipinski definition) is 2. The van der Waals surface area contributed by atoms with Crippen LogP contribution in [0.25, 0.3) is 16.9 Å². The van der Waals surface area contributed by atoms with E-state index in [2.05, 4.69) is 20.4 Å². The molecule has 2 N–H and O–H groups in total. The van der Waals surface area contributed by atoms with Crippen molar-refractivity contribution >= 4 is 22.7 Å². The van der Waals surface area contributed by atoms with E-state index in [-0.39, 0.29) is 22.9 Å². The van der Waals surface area contributed by atoms with E-state index in [1.165, 1.54) is 16.8 Å². The van der Waals surface area contributed by atoms with Gasteiger partial charge >= 0.3 is 5.63 Å². The molecule has 3 aromatic heterocycles. The third kappa shape index (κ3) is 3.20. The predicted molar refractivity (Wildman–Crippen MR) is 102 cm³/mol. The van der Waals surface area contributed by atoms with Crippen LogP contribution in [0.15, 0.2) is 56.5 Å². The van der Waals surface area contributed by atoms with E-state index in [0.29, 0.717) is 22.4 Å². The number of rotatable bonds is 3. The molecule has 0 saturated heterocycles. The molecule has 1 amide bonds. The topological polar surface area (TPSA) is 123 Å². The number of H-pyrrole nitrogens is 1. The Labute approximate surface area is 157 Å². The van der Waals surface area contributed by atoms with E-state index in [1.807, 2.05) is 0 Å². The molecule has 0 bridgehead atoms. The lowest BCUT2D eigenvalue weighted by atomic mass is 10.2. The van der Waals surface area contributed by atoms with Gasteiger partial charge in [0, 0.05) is 23.2 Å². The van der Waals surface area contributed by atoms with Crippen molar-refractivity contribution in [2.45, 2.75) is 13.8 Å². The summed E-state index contributed by atoms with van der Waals surface area (Å²) >= 11 is 0. The number of amides is 1. The van der Waals surface area contributed by atoms with Crippen molar-refractivity contribution in [3.8, 4) is 5.95 Å². The Morgan fingerprint density at radius 3 is 2.68 bits per heavy atom. The Kier molecular flexibility index (Phi) is 4.11. The molecular formula is C19H15N5O4. The van der Waals surface area contributed by atoms with Gasteiger partial charge in [-0.3, -0.25) is 14.6 Å². The molecule has 0 saturated carbocycles. The van der Waals surface area contributed by atoms with Crippen LogP contribution in [-0.4, -0.2) is 25.7 Å². The first kappa shape index (κ1) is 17.4. The predicted octanol–water partition coefficient (Wildman–Crippen LogP) is 1.93. The monoisotopic (exact) mass is 377 g/mol. The first-order valence-corrected chi connectivity index (χ1v) is 8.40. The molecule has 0 radical (unpaired) electrons. The van der Waals surface area contributed by atoms with Crippen LogP contribution in [0.5, 0.6) is 0 Å². The normalized spacial score (nSPS) is 10.9. The molecule has 0 fully saturated rings. The largest absolute Gasteiger partial charge is 0.422 e. The maximum Gasteiger partial charge on any atom is 0.349 e. The minimum atomic E-state index is -0.749. The highest BCUT2D eigenvalue weighted by atomic mass is 16.4. The third-order valence-corrected chi connectivity index (χ3v) is 4.02. The van der Waals surface area contributed by atoms with Crippen molar-refractivity contribution < 1.29 is 9.21 Å². The van der Waals surface area contributed by atoms with Crippen LogP contribution in [-0.2, 0) is 0 Å². The Balaban J connectivity index is 1.74. The number of hydrogen-bond acceptors (Lipinski definition) is 6. The molecule has 4 aromatic rings. The average molecular weight is 377 g/mol. The lowest BCUT2D eigenvalue weighted by Gasteiger charge is -2.08. The second-order valence-corrected chi connectivity index (χ2v) is 6.23. The van der Waals surface area contributed by atoms with Crippen LogP contribution >= 0.6 is 0 Å². The van der Waals surface area contributed by atoms with Crippen LogP contribution in [0.4, 0.5) is 5.82 Å². The molecule has 4 rings (SSSR count). The highest BCUT2D eigenvalue weighted by Gasteiger charge is 2.18. The SMILES string of the molecule is Cc1cc(=O)[nH]c(-n2nc(C)cc2NC(=O)c2cc3ccccc3oc2=O)n1. The van der Waals surface area contributed by atoms with E-state index in [1.54, 1.807) is 44.2 Å². The summed E-state index contributed by atoms with van der Waals surface area (Å²) < 4.78 is 6.50. The number of nitrogens with zero attached hydrogens (tertiary/aromatic N) is 3. The van der Waals surface area contributed by atoms with Crippen LogP contribution in [0.2, 0.25) is 0 Å². The molecule has 0 atom stereocenters. The van der Waals surface area contributed by atoms with Crippen molar-refractivity contribution in [1.29, 1.82) is 0 Å². The zero-order chi connectivity index (χ0) is 19.8. The van der Waals surface area contributed by atoms with Gasteiger partial charge < -0.3 is 9.73 Å². The quantitative estimate of drug-likeness (QED) is 0.526. The van der Waals surface area contributed by atoms with Gasteiger partial charge in [-0.25, -0.2) is 9.78 Å². The molecule has 0 unspecified atom stereocenters. The fraction of sp³-hybridized carbons (Fsp3) is 0.105. The van der Waals surface area contributed by atoms with E-state index >= 15 is 0 Å². The zero-order valence-electron chi connectivity index (χ0n) is 15.0. The summed E-state index contributed by atoms with van der Waals surface area (Å²) in [5.74, 6) is -0.251. The lowest BCUT2D eigenvalue weighted by molar-refractivity contribution is 0.102. The summed E-state index contributed by atoms with van der Waals surface area (Å²) in [6.45, 7) is 3.40. The van der Waals surface area contributed by atoms with Crippen LogP contribution in [0.1, 0.15) is 21.7 Å². The molecule has 0 aliphatic rings. The maximum absolute atomic E-state index is 12.7. The standard InChI is InChI=1S/C19H15N5O4/c1-10-8-16(25)22-19(20-10)24-15(7-11(2)23-24)21-17(26)13-9-12-5-3-4-6-14(12)28-18(13)27/h3-9H,1-2H3,(H,21,26)(H,20,22,25). The fourth-order valence-corrected chi connectivity index (χ4v) is 2.82. The zero-order valence-corrected chi connectivity index (χ0v) is 15.0. The van der Waals surface area contributed by atoms with Crippen LogP contribution < -0.4 is 16.5 Å². The molecule has 0 aliphatic heterocycles. The van der Waals surface area contributed by atoms with Gasteiger partial charge in [-0.15, -0.1) is 0 Å². The molecule has 9 heteroatoms. The van der Waals surface area contributed by atoms with Gasteiger partial charge in [0.15, 0.2) is 0 Å². The third-order valence-electron chi connectivity index (χ3n) is 4.02. The highest BCUT2D eigenvalue weighted by molar-refractivity contribution is 6.05. The second kappa shape index (κ2) is 6.62. The number of nitrogens with one attached hydrogen (secondary N) is 2. The summed E-state index contributed by atoms with van der Waals surface area (Å²) in [4.78, 5) is 43.4. The van der Waals surface area contributed by atoms with Gasteiger partial charge in [0.2, 0.25) is 5.95 Å². The first-order chi connectivity index (χ1) is 13.4. The van der Waals surface area contributed by atoms with Crippen molar-refractivity contribution in [2.75, 3.05) is 5.32 Å². The minimum Gasteiger partial charge on any atom is -0.422 e. The van der Waals surface area contributed by atoms with E-state index < -0.39 is 11.5 Å². The number of benzene rings is 1. The van der Waals surface area contributed by atoms with Gasteiger partial charge in [0.25, 0.3) is 11.5 Å². The number of aryl methyl sites for hydroxylation is 2. The van der Waals surface area contributed by atoms with E-state index in [9.17, 15) is 14.4 Å².